The normalized spacial score (nSPS) is 15.3. The van der Waals surface area contributed by atoms with Gasteiger partial charge in [-0.25, -0.2) is 0 Å². The van der Waals surface area contributed by atoms with E-state index in [4.69, 9.17) is 23.2 Å². The van der Waals surface area contributed by atoms with Crippen LogP contribution in [0.1, 0.15) is 11.1 Å². The molecule has 0 unspecified atom stereocenters. The molecule has 0 spiro atoms. The number of fused-ring (bicyclic) bond motifs is 1. The van der Waals surface area contributed by atoms with Crippen molar-refractivity contribution in [1.29, 1.82) is 0 Å². The van der Waals surface area contributed by atoms with E-state index in [0.717, 1.165) is 21.3 Å². The first-order valence-electron chi connectivity index (χ1n) is 5.82. The third kappa shape index (κ3) is 2.49. The molecule has 100 valence electrons. The summed E-state index contributed by atoms with van der Waals surface area (Å²) in [6, 6.07) is 10.9. The molecule has 1 N–H and O–H groups in total. The van der Waals surface area contributed by atoms with Crippen molar-refractivity contribution in [1.82, 2.24) is 0 Å². The second-order valence-corrected chi connectivity index (χ2v) is 6.11. The fraction of sp³-hybridized carbons (Fsp3) is 0. The molecular weight excluding hydrogens is 361 g/mol. The summed E-state index contributed by atoms with van der Waals surface area (Å²) in [4.78, 5) is 12.0. The Morgan fingerprint density at radius 2 is 1.85 bits per heavy atom. The molecular formula is C15H8BrCl2NO. The summed E-state index contributed by atoms with van der Waals surface area (Å²) >= 11 is 15.3. The smallest absolute Gasteiger partial charge is 0.256 e. The van der Waals surface area contributed by atoms with Crippen LogP contribution in [0.4, 0.5) is 5.69 Å². The van der Waals surface area contributed by atoms with Crippen LogP contribution in [-0.2, 0) is 4.79 Å². The van der Waals surface area contributed by atoms with E-state index in [2.05, 4.69) is 21.2 Å². The van der Waals surface area contributed by atoms with Gasteiger partial charge in [-0.05, 0) is 42.0 Å². The van der Waals surface area contributed by atoms with E-state index in [1.807, 2.05) is 24.3 Å². The molecule has 2 aromatic carbocycles. The van der Waals surface area contributed by atoms with Crippen LogP contribution in [0.5, 0.6) is 0 Å². The van der Waals surface area contributed by atoms with Crippen LogP contribution in [0.3, 0.4) is 0 Å². The molecule has 3 rings (SSSR count). The van der Waals surface area contributed by atoms with Crippen LogP contribution in [0.15, 0.2) is 40.9 Å². The molecule has 0 aliphatic carbocycles. The highest BCUT2D eigenvalue weighted by molar-refractivity contribution is 9.10. The van der Waals surface area contributed by atoms with E-state index in [-0.39, 0.29) is 5.91 Å². The highest BCUT2D eigenvalue weighted by Crippen LogP contribution is 2.35. The predicted octanol–water partition coefficient (Wildman–Crippen LogP) is 5.25. The average Bonchev–Trinajstić information content (AvgIpc) is 2.70. The number of rotatable bonds is 1. The minimum atomic E-state index is -0.121. The van der Waals surface area contributed by atoms with Crippen molar-refractivity contribution in [3.8, 4) is 0 Å². The van der Waals surface area contributed by atoms with Gasteiger partial charge in [0.25, 0.3) is 5.91 Å². The third-order valence-corrected chi connectivity index (χ3v) is 4.25. The summed E-state index contributed by atoms with van der Waals surface area (Å²) in [5, 5.41) is 3.79. The summed E-state index contributed by atoms with van der Waals surface area (Å²) in [5.74, 6) is -0.121. The van der Waals surface area contributed by atoms with Gasteiger partial charge < -0.3 is 5.32 Å². The van der Waals surface area contributed by atoms with Gasteiger partial charge in [0.1, 0.15) is 0 Å². The summed E-state index contributed by atoms with van der Waals surface area (Å²) in [7, 11) is 0. The lowest BCUT2D eigenvalue weighted by Crippen LogP contribution is -2.03. The zero-order valence-electron chi connectivity index (χ0n) is 10.1. The van der Waals surface area contributed by atoms with E-state index in [1.165, 1.54) is 0 Å². The Morgan fingerprint density at radius 1 is 1.05 bits per heavy atom. The monoisotopic (exact) mass is 367 g/mol. The van der Waals surface area contributed by atoms with Crippen molar-refractivity contribution in [3.63, 3.8) is 0 Å². The number of halogens is 3. The largest absolute Gasteiger partial charge is 0.321 e. The minimum absolute atomic E-state index is 0.121. The van der Waals surface area contributed by atoms with E-state index < -0.39 is 0 Å². The van der Waals surface area contributed by atoms with Crippen LogP contribution in [0, 0.1) is 0 Å². The van der Waals surface area contributed by atoms with Crippen molar-refractivity contribution in [3.05, 3.63) is 62.0 Å². The highest BCUT2D eigenvalue weighted by atomic mass is 79.9. The number of hydrogen-bond donors (Lipinski definition) is 1. The van der Waals surface area contributed by atoms with Gasteiger partial charge in [-0.1, -0.05) is 45.2 Å². The summed E-state index contributed by atoms with van der Waals surface area (Å²) in [6.07, 6.45) is 1.80. The molecule has 0 bridgehead atoms. The Balaban J connectivity index is 2.10. The zero-order valence-corrected chi connectivity index (χ0v) is 13.2. The van der Waals surface area contributed by atoms with Gasteiger partial charge in [0.15, 0.2) is 0 Å². The standard InChI is InChI=1S/C15H8BrCl2NO/c16-9-2-4-14-10(7-9)11(15(20)19-14)5-8-1-3-12(17)13(18)6-8/h1-7H,(H,19,20). The first kappa shape index (κ1) is 13.7. The SMILES string of the molecule is O=C1Nc2ccc(Br)cc2C1=Cc1ccc(Cl)c(Cl)c1. The highest BCUT2D eigenvalue weighted by Gasteiger charge is 2.24. The van der Waals surface area contributed by atoms with Crippen LogP contribution in [-0.4, -0.2) is 5.91 Å². The Kier molecular flexibility index (Phi) is 3.59. The maximum absolute atomic E-state index is 12.0. The van der Waals surface area contributed by atoms with Gasteiger partial charge in [0, 0.05) is 21.3 Å². The van der Waals surface area contributed by atoms with E-state index in [9.17, 15) is 4.79 Å². The zero-order chi connectivity index (χ0) is 14.3. The van der Waals surface area contributed by atoms with E-state index in [0.29, 0.717) is 15.6 Å². The molecule has 0 aromatic heterocycles. The summed E-state index contributed by atoms with van der Waals surface area (Å²) < 4.78 is 0.924. The lowest BCUT2D eigenvalue weighted by molar-refractivity contribution is -0.110. The molecule has 0 saturated carbocycles. The Hall–Kier alpha value is -1.29. The van der Waals surface area contributed by atoms with Crippen molar-refractivity contribution >= 4 is 62.4 Å². The van der Waals surface area contributed by atoms with E-state index >= 15 is 0 Å². The summed E-state index contributed by atoms with van der Waals surface area (Å²) in [6.45, 7) is 0. The second-order valence-electron chi connectivity index (χ2n) is 4.38. The molecule has 1 aliphatic heterocycles. The molecule has 1 amide bonds. The van der Waals surface area contributed by atoms with Gasteiger partial charge in [-0.15, -0.1) is 0 Å². The Labute approximate surface area is 134 Å². The van der Waals surface area contributed by atoms with Crippen LogP contribution in [0.2, 0.25) is 10.0 Å². The average molecular weight is 369 g/mol. The van der Waals surface area contributed by atoms with Gasteiger partial charge in [0.2, 0.25) is 0 Å². The van der Waals surface area contributed by atoms with Gasteiger partial charge in [-0.3, -0.25) is 4.79 Å². The Bertz CT molecular complexity index is 756. The number of anilines is 1. The molecule has 20 heavy (non-hydrogen) atoms. The van der Waals surface area contributed by atoms with Crippen LogP contribution >= 0.6 is 39.1 Å². The molecule has 0 radical (unpaired) electrons. The van der Waals surface area contributed by atoms with Crippen molar-refractivity contribution in [2.75, 3.05) is 5.32 Å². The fourth-order valence-corrected chi connectivity index (χ4v) is 2.74. The first-order chi connectivity index (χ1) is 9.54. The van der Waals surface area contributed by atoms with Crippen molar-refractivity contribution in [2.45, 2.75) is 0 Å². The maximum atomic E-state index is 12.0. The van der Waals surface area contributed by atoms with Crippen LogP contribution < -0.4 is 5.32 Å². The number of hydrogen-bond acceptors (Lipinski definition) is 1. The Morgan fingerprint density at radius 3 is 2.60 bits per heavy atom. The molecule has 1 heterocycles. The van der Waals surface area contributed by atoms with E-state index in [1.54, 1.807) is 18.2 Å². The molecule has 2 aromatic rings. The molecule has 2 nitrogen and oxygen atoms in total. The molecule has 1 aliphatic rings. The fourth-order valence-electron chi connectivity index (χ4n) is 2.07. The molecule has 5 heteroatoms. The lowest BCUT2D eigenvalue weighted by atomic mass is 10.0. The van der Waals surface area contributed by atoms with Gasteiger partial charge in [-0.2, -0.15) is 0 Å². The molecule has 0 atom stereocenters. The number of carbonyl (C=O) groups is 1. The molecule has 0 fully saturated rings. The maximum Gasteiger partial charge on any atom is 0.256 e. The minimum Gasteiger partial charge on any atom is -0.321 e. The third-order valence-electron chi connectivity index (χ3n) is 3.02. The predicted molar refractivity (Wildman–Crippen MR) is 87.1 cm³/mol. The van der Waals surface area contributed by atoms with Crippen LogP contribution in [0.25, 0.3) is 11.6 Å². The number of amides is 1. The van der Waals surface area contributed by atoms with Crippen molar-refractivity contribution < 1.29 is 4.79 Å². The number of nitrogens with one attached hydrogen (secondary N) is 1. The van der Waals surface area contributed by atoms with Crippen molar-refractivity contribution in [2.24, 2.45) is 0 Å². The number of benzene rings is 2. The molecule has 0 saturated heterocycles. The van der Waals surface area contributed by atoms with Gasteiger partial charge >= 0.3 is 0 Å². The lowest BCUT2D eigenvalue weighted by Gasteiger charge is -2.01. The second kappa shape index (κ2) is 5.24. The van der Waals surface area contributed by atoms with Gasteiger partial charge in [0.05, 0.1) is 10.0 Å². The quantitative estimate of drug-likeness (QED) is 0.684. The first-order valence-corrected chi connectivity index (χ1v) is 7.37. The summed E-state index contributed by atoms with van der Waals surface area (Å²) in [5.41, 5.74) is 3.12. The number of carbonyl (C=O) groups excluding carboxylic acids is 1. The topological polar surface area (TPSA) is 29.1 Å².